The Balaban J connectivity index is 1.83. The van der Waals surface area contributed by atoms with Crippen molar-refractivity contribution >= 4 is 22.2 Å². The molecule has 7 nitrogen and oxygen atoms in total. The lowest BCUT2D eigenvalue weighted by Crippen LogP contribution is -2.25. The molecule has 148 valence electrons. The lowest BCUT2D eigenvalue weighted by atomic mass is 10.0. The topological polar surface area (TPSA) is 89.5 Å². The van der Waals surface area contributed by atoms with E-state index in [0.717, 1.165) is 12.1 Å². The quantitative estimate of drug-likeness (QED) is 0.553. The number of aryl methyl sites for hydroxylation is 1. The van der Waals surface area contributed by atoms with Crippen LogP contribution in [-0.2, 0) is 6.42 Å². The number of hydrogen-bond acceptors (Lipinski definition) is 6. The molecule has 0 fully saturated rings. The normalized spacial score (nSPS) is 11.2. The first-order chi connectivity index (χ1) is 13.9. The third kappa shape index (κ3) is 3.31. The largest absolute Gasteiger partial charge is 0.445 e. The van der Waals surface area contributed by atoms with Gasteiger partial charge in [-0.05, 0) is 24.6 Å². The fourth-order valence-electron chi connectivity index (χ4n) is 3.08. The van der Waals surface area contributed by atoms with Gasteiger partial charge < -0.3 is 9.73 Å². The number of thiazole rings is 1. The number of amides is 1. The Morgan fingerprint density at radius 2 is 2.03 bits per heavy atom. The lowest BCUT2D eigenvalue weighted by molar-refractivity contribution is 0.0956. The van der Waals surface area contributed by atoms with Gasteiger partial charge in [0.25, 0.3) is 11.5 Å². The minimum Gasteiger partial charge on any atom is -0.445 e. The van der Waals surface area contributed by atoms with Crippen LogP contribution in [0.4, 0.5) is 8.78 Å². The number of nitrogens with one attached hydrogen (secondary N) is 1. The minimum atomic E-state index is -1.03. The molecule has 3 aromatic heterocycles. The van der Waals surface area contributed by atoms with Crippen molar-refractivity contribution in [2.75, 3.05) is 7.05 Å². The van der Waals surface area contributed by atoms with Crippen LogP contribution in [0.3, 0.4) is 0 Å². The summed E-state index contributed by atoms with van der Waals surface area (Å²) >= 11 is 1.19. The fraction of sp³-hybridized carbons (Fsp3) is 0.158. The predicted molar refractivity (Wildman–Crippen MR) is 102 cm³/mol. The number of carbonyl (C=O) groups excluding carboxylic acids is 1. The third-order valence-corrected chi connectivity index (χ3v) is 5.32. The zero-order chi connectivity index (χ0) is 20.7. The number of benzene rings is 1. The van der Waals surface area contributed by atoms with E-state index in [1.54, 1.807) is 6.92 Å². The molecular weight excluding hydrogens is 402 g/mol. The molecule has 0 atom stereocenters. The maximum absolute atomic E-state index is 13.9. The van der Waals surface area contributed by atoms with E-state index < -0.39 is 23.1 Å². The van der Waals surface area contributed by atoms with Crippen LogP contribution in [0.25, 0.3) is 16.4 Å². The smallest absolute Gasteiger partial charge is 0.269 e. The maximum Gasteiger partial charge on any atom is 0.269 e. The maximum atomic E-state index is 13.9. The summed E-state index contributed by atoms with van der Waals surface area (Å²) in [5, 5.41) is 2.50. The van der Waals surface area contributed by atoms with Crippen LogP contribution in [0.2, 0.25) is 0 Å². The Kier molecular flexibility index (Phi) is 4.71. The second-order valence-corrected chi connectivity index (χ2v) is 7.41. The van der Waals surface area contributed by atoms with Gasteiger partial charge in [0.15, 0.2) is 16.6 Å². The van der Waals surface area contributed by atoms with Crippen LogP contribution in [-0.4, -0.2) is 27.3 Å². The number of aromatic nitrogens is 3. The number of rotatable bonds is 4. The van der Waals surface area contributed by atoms with Crippen molar-refractivity contribution in [1.82, 2.24) is 19.7 Å². The molecule has 0 aliphatic rings. The van der Waals surface area contributed by atoms with E-state index in [2.05, 4.69) is 15.3 Å². The van der Waals surface area contributed by atoms with Gasteiger partial charge >= 0.3 is 0 Å². The average Bonchev–Trinajstić information content (AvgIpc) is 3.31. The SMILES string of the molecule is CNC(=O)c1c(C)sc2nc(Cc3cc(F)c(F)cc3-c3ncco3)cc(=O)n12. The highest BCUT2D eigenvalue weighted by Gasteiger charge is 2.20. The van der Waals surface area contributed by atoms with Crippen LogP contribution >= 0.6 is 11.3 Å². The van der Waals surface area contributed by atoms with Crippen molar-refractivity contribution in [3.05, 3.63) is 74.5 Å². The summed E-state index contributed by atoms with van der Waals surface area (Å²) in [6.07, 6.45) is 2.77. The summed E-state index contributed by atoms with van der Waals surface area (Å²) in [4.78, 5) is 34.2. The molecule has 4 aromatic rings. The Bertz CT molecular complexity index is 1300. The fourth-order valence-corrected chi connectivity index (χ4v) is 4.07. The Labute approximate surface area is 166 Å². The number of fused-ring (bicyclic) bond motifs is 1. The van der Waals surface area contributed by atoms with E-state index in [1.807, 2.05) is 0 Å². The Morgan fingerprint density at radius 3 is 2.72 bits per heavy atom. The summed E-state index contributed by atoms with van der Waals surface area (Å²) in [6, 6.07) is 3.31. The van der Waals surface area contributed by atoms with Crippen LogP contribution in [0, 0.1) is 18.6 Å². The highest BCUT2D eigenvalue weighted by atomic mass is 32.1. The van der Waals surface area contributed by atoms with Gasteiger partial charge in [-0.1, -0.05) is 0 Å². The first-order valence-corrected chi connectivity index (χ1v) is 9.32. The molecule has 0 unspecified atom stereocenters. The van der Waals surface area contributed by atoms with Crippen LogP contribution in [0.5, 0.6) is 0 Å². The average molecular weight is 416 g/mol. The molecule has 3 heterocycles. The molecule has 0 saturated heterocycles. The molecule has 29 heavy (non-hydrogen) atoms. The molecule has 0 aliphatic carbocycles. The van der Waals surface area contributed by atoms with Crippen LogP contribution in [0.1, 0.15) is 26.6 Å². The van der Waals surface area contributed by atoms with Gasteiger partial charge in [-0.2, -0.15) is 0 Å². The highest BCUT2D eigenvalue weighted by Crippen LogP contribution is 2.27. The van der Waals surface area contributed by atoms with E-state index in [0.29, 0.717) is 21.1 Å². The number of hydrogen-bond donors (Lipinski definition) is 1. The van der Waals surface area contributed by atoms with Crippen molar-refractivity contribution in [3.63, 3.8) is 0 Å². The molecule has 4 rings (SSSR count). The van der Waals surface area contributed by atoms with Gasteiger partial charge in [-0.15, -0.1) is 11.3 Å². The molecule has 0 spiro atoms. The second-order valence-electron chi connectivity index (χ2n) is 6.23. The molecule has 0 radical (unpaired) electrons. The summed E-state index contributed by atoms with van der Waals surface area (Å²) in [5.41, 5.74) is 0.767. The molecule has 1 N–H and O–H groups in total. The van der Waals surface area contributed by atoms with E-state index >= 15 is 0 Å². The van der Waals surface area contributed by atoms with Gasteiger partial charge in [-0.25, -0.2) is 23.1 Å². The Hall–Kier alpha value is -3.40. The van der Waals surface area contributed by atoms with Crippen molar-refractivity contribution in [3.8, 4) is 11.5 Å². The molecule has 10 heteroatoms. The van der Waals surface area contributed by atoms with E-state index in [1.165, 1.54) is 41.3 Å². The van der Waals surface area contributed by atoms with E-state index in [-0.39, 0.29) is 23.6 Å². The predicted octanol–water partition coefficient (Wildman–Crippen LogP) is 2.95. The monoisotopic (exact) mass is 416 g/mol. The number of halogens is 2. The first-order valence-electron chi connectivity index (χ1n) is 8.51. The Morgan fingerprint density at radius 1 is 1.28 bits per heavy atom. The van der Waals surface area contributed by atoms with Gasteiger partial charge in [0.1, 0.15) is 12.0 Å². The van der Waals surface area contributed by atoms with E-state index in [9.17, 15) is 18.4 Å². The third-order valence-electron chi connectivity index (χ3n) is 4.37. The minimum absolute atomic E-state index is 0.0485. The molecule has 0 aliphatic heterocycles. The zero-order valence-electron chi connectivity index (χ0n) is 15.3. The van der Waals surface area contributed by atoms with Crippen LogP contribution in [0.15, 0.2) is 39.9 Å². The van der Waals surface area contributed by atoms with Gasteiger partial charge in [0.2, 0.25) is 5.89 Å². The number of oxazole rings is 1. The zero-order valence-corrected chi connectivity index (χ0v) is 16.1. The highest BCUT2D eigenvalue weighted by molar-refractivity contribution is 7.17. The van der Waals surface area contributed by atoms with Crippen molar-refractivity contribution in [1.29, 1.82) is 0 Å². The van der Waals surface area contributed by atoms with Crippen molar-refractivity contribution in [2.24, 2.45) is 0 Å². The van der Waals surface area contributed by atoms with Gasteiger partial charge in [0.05, 0.1) is 11.9 Å². The first kappa shape index (κ1) is 18.9. The van der Waals surface area contributed by atoms with Crippen molar-refractivity contribution < 1.29 is 18.0 Å². The number of nitrogens with zero attached hydrogens (tertiary/aromatic N) is 3. The molecule has 0 bridgehead atoms. The summed E-state index contributed by atoms with van der Waals surface area (Å²) in [5.74, 6) is -2.32. The van der Waals surface area contributed by atoms with Gasteiger partial charge in [-0.3, -0.25) is 9.59 Å². The number of carbonyl (C=O) groups is 1. The molecule has 1 aromatic carbocycles. The summed E-state index contributed by atoms with van der Waals surface area (Å²) in [7, 11) is 1.48. The standard InChI is InChI=1S/C19H14F2N4O3S/c1-9-16(17(27)22-2)25-15(26)7-11(24-19(25)29-9)5-10-6-13(20)14(21)8-12(10)18-23-3-4-28-18/h3-4,6-8H,5H2,1-2H3,(H,22,27). The molecule has 1 amide bonds. The molecule has 0 saturated carbocycles. The van der Waals surface area contributed by atoms with E-state index in [4.69, 9.17) is 4.42 Å². The second kappa shape index (κ2) is 7.21. The molecular formula is C19H14F2N4O3S. The lowest BCUT2D eigenvalue weighted by Gasteiger charge is -2.08. The van der Waals surface area contributed by atoms with Crippen LogP contribution < -0.4 is 10.9 Å². The van der Waals surface area contributed by atoms with Gasteiger partial charge in [0, 0.05) is 30.0 Å². The summed E-state index contributed by atoms with van der Waals surface area (Å²) in [6.45, 7) is 1.72. The summed E-state index contributed by atoms with van der Waals surface area (Å²) < 4.78 is 34.1. The van der Waals surface area contributed by atoms with Crippen molar-refractivity contribution in [2.45, 2.75) is 13.3 Å².